The summed E-state index contributed by atoms with van der Waals surface area (Å²) in [7, 11) is 2.07. The third-order valence-electron chi connectivity index (χ3n) is 5.57. The highest BCUT2D eigenvalue weighted by atomic mass is 19.4. The lowest BCUT2D eigenvalue weighted by atomic mass is 9.94. The van der Waals surface area contributed by atoms with Gasteiger partial charge in [0.05, 0.1) is 17.8 Å². The normalized spacial score (nSPS) is 19.9. The van der Waals surface area contributed by atoms with E-state index in [9.17, 15) is 13.2 Å². The summed E-state index contributed by atoms with van der Waals surface area (Å²) in [4.78, 5) is 6.63. The van der Waals surface area contributed by atoms with Crippen molar-refractivity contribution in [3.05, 3.63) is 81.4 Å². The molecule has 5 N–H and O–H groups in total. The van der Waals surface area contributed by atoms with Gasteiger partial charge in [0, 0.05) is 30.6 Å². The monoisotopic (exact) mass is 431 g/mol. The van der Waals surface area contributed by atoms with E-state index < -0.39 is 11.7 Å². The number of nitrogens with two attached hydrogens (primary N) is 2. The average molecular weight is 432 g/mol. The lowest BCUT2D eigenvalue weighted by Crippen LogP contribution is -2.28. The number of aliphatic imine (C=N–C) groups is 1. The van der Waals surface area contributed by atoms with Gasteiger partial charge >= 0.3 is 6.18 Å². The summed E-state index contributed by atoms with van der Waals surface area (Å²) in [5.41, 5.74) is 16.3. The van der Waals surface area contributed by atoms with Crippen molar-refractivity contribution >= 4 is 5.84 Å². The molecule has 0 aliphatic carbocycles. The molecule has 0 spiro atoms. The van der Waals surface area contributed by atoms with Crippen molar-refractivity contribution in [2.45, 2.75) is 33.0 Å². The van der Waals surface area contributed by atoms with Crippen LogP contribution in [0.4, 0.5) is 13.2 Å². The fraction of sp³-hybridized carbons (Fsp3) is 0.348. The molecule has 0 saturated heterocycles. The minimum atomic E-state index is -4.40. The van der Waals surface area contributed by atoms with E-state index in [0.717, 1.165) is 31.1 Å². The summed E-state index contributed by atoms with van der Waals surface area (Å²) in [6.45, 7) is 5.08. The van der Waals surface area contributed by atoms with Gasteiger partial charge in [0.2, 0.25) is 0 Å². The summed E-state index contributed by atoms with van der Waals surface area (Å²) in [6.07, 6.45) is 2.52. The Bertz CT molecular complexity index is 1010. The number of nitrogens with zero attached hydrogens (tertiary/aromatic N) is 2. The predicted octanol–water partition coefficient (Wildman–Crippen LogP) is 3.74. The van der Waals surface area contributed by atoms with Crippen LogP contribution < -0.4 is 16.8 Å². The number of allylic oxidation sites excluding steroid dienone is 3. The topological polar surface area (TPSA) is 79.7 Å². The van der Waals surface area contributed by atoms with Gasteiger partial charge in [-0.2, -0.15) is 13.2 Å². The number of halogens is 3. The molecule has 0 saturated carbocycles. The van der Waals surface area contributed by atoms with Gasteiger partial charge in [-0.3, -0.25) is 4.99 Å². The molecule has 166 valence electrons. The van der Waals surface area contributed by atoms with E-state index in [4.69, 9.17) is 11.5 Å². The summed E-state index contributed by atoms with van der Waals surface area (Å²) in [5.74, 6) is 0.225. The first-order valence-electron chi connectivity index (χ1n) is 10.1. The Labute approximate surface area is 180 Å². The molecule has 0 amide bonds. The molecule has 1 aromatic carbocycles. The van der Waals surface area contributed by atoms with Crippen molar-refractivity contribution in [1.29, 1.82) is 0 Å². The standard InChI is InChI=1S/C23H28F3N5/c1-14-17(5-4-6-20(14)23(24,25)26)12-30-22(28)19-11-18(13-29-21(19)15(2)27)16-7-9-31(3)10-8-16/h4-7,11,13,29H,8-10,12,27H2,1-3H3,(H2,28,30)/b21-15+. The summed E-state index contributed by atoms with van der Waals surface area (Å²) in [6, 6.07) is 4.10. The van der Waals surface area contributed by atoms with Crippen LogP contribution in [0, 0.1) is 6.92 Å². The highest BCUT2D eigenvalue weighted by Gasteiger charge is 2.32. The summed E-state index contributed by atoms with van der Waals surface area (Å²) in [5, 5.41) is 3.21. The van der Waals surface area contributed by atoms with Gasteiger partial charge in [-0.15, -0.1) is 0 Å². The SMILES string of the molecule is C/C(N)=C1\NC=C(C2=CCN(C)CC2)C=C1C(N)=NCc1cccc(C(F)(F)F)c1C. The van der Waals surface area contributed by atoms with E-state index in [1.807, 2.05) is 12.3 Å². The van der Waals surface area contributed by atoms with Crippen molar-refractivity contribution in [2.24, 2.45) is 16.5 Å². The van der Waals surface area contributed by atoms with Crippen molar-refractivity contribution in [2.75, 3.05) is 20.1 Å². The van der Waals surface area contributed by atoms with E-state index in [1.165, 1.54) is 18.6 Å². The number of likely N-dealkylation sites (N-methyl/N-ethyl adjacent to an activating group) is 1. The van der Waals surface area contributed by atoms with Gasteiger partial charge in [0.1, 0.15) is 5.84 Å². The minimum absolute atomic E-state index is 0.0440. The zero-order valence-corrected chi connectivity index (χ0v) is 18.0. The van der Waals surface area contributed by atoms with Crippen LogP contribution in [0.3, 0.4) is 0 Å². The molecule has 0 fully saturated rings. The highest BCUT2D eigenvalue weighted by Crippen LogP contribution is 2.33. The Morgan fingerprint density at radius 2 is 2.00 bits per heavy atom. The lowest BCUT2D eigenvalue weighted by molar-refractivity contribution is -0.138. The zero-order chi connectivity index (χ0) is 22.8. The third-order valence-corrected chi connectivity index (χ3v) is 5.57. The average Bonchev–Trinajstić information content (AvgIpc) is 2.72. The molecular weight excluding hydrogens is 403 g/mol. The van der Waals surface area contributed by atoms with Crippen molar-refractivity contribution < 1.29 is 13.2 Å². The molecule has 2 aliphatic heterocycles. The molecular formula is C23H28F3N5. The quantitative estimate of drug-likeness (QED) is 0.501. The second-order valence-corrected chi connectivity index (χ2v) is 7.89. The van der Waals surface area contributed by atoms with Gasteiger partial charge in [-0.25, -0.2) is 0 Å². The van der Waals surface area contributed by atoms with Gasteiger partial charge in [0.15, 0.2) is 0 Å². The molecule has 2 heterocycles. The van der Waals surface area contributed by atoms with E-state index >= 15 is 0 Å². The Hall–Kier alpha value is -3.00. The van der Waals surface area contributed by atoms with E-state index in [0.29, 0.717) is 22.5 Å². The van der Waals surface area contributed by atoms with Crippen molar-refractivity contribution in [3.8, 4) is 0 Å². The van der Waals surface area contributed by atoms with Crippen molar-refractivity contribution in [3.63, 3.8) is 0 Å². The Morgan fingerprint density at radius 1 is 1.26 bits per heavy atom. The lowest BCUT2D eigenvalue weighted by Gasteiger charge is -2.26. The number of hydrogen-bond acceptors (Lipinski definition) is 4. The maximum atomic E-state index is 13.2. The first-order chi connectivity index (χ1) is 14.6. The first kappa shape index (κ1) is 22.7. The maximum Gasteiger partial charge on any atom is 0.416 e. The smallest absolute Gasteiger partial charge is 0.401 e. The number of dihydropyridines is 1. The van der Waals surface area contributed by atoms with Crippen LogP contribution in [0.5, 0.6) is 0 Å². The summed E-state index contributed by atoms with van der Waals surface area (Å²) >= 11 is 0. The van der Waals surface area contributed by atoms with E-state index in [1.54, 1.807) is 13.0 Å². The van der Waals surface area contributed by atoms with Crippen LogP contribution in [0.1, 0.15) is 30.0 Å². The van der Waals surface area contributed by atoms with Crippen molar-refractivity contribution in [1.82, 2.24) is 10.2 Å². The number of rotatable bonds is 4. The number of hydrogen-bond donors (Lipinski definition) is 3. The largest absolute Gasteiger partial charge is 0.416 e. The molecule has 0 unspecified atom stereocenters. The Morgan fingerprint density at radius 3 is 2.61 bits per heavy atom. The molecule has 31 heavy (non-hydrogen) atoms. The first-order valence-corrected chi connectivity index (χ1v) is 10.1. The molecule has 1 aromatic rings. The molecule has 3 rings (SSSR count). The van der Waals surface area contributed by atoms with E-state index in [-0.39, 0.29) is 17.9 Å². The maximum absolute atomic E-state index is 13.2. The fourth-order valence-electron chi connectivity index (χ4n) is 3.66. The van der Waals surface area contributed by atoms with Crippen LogP contribution in [-0.2, 0) is 12.7 Å². The zero-order valence-electron chi connectivity index (χ0n) is 18.0. The molecule has 2 aliphatic rings. The van der Waals surface area contributed by atoms with Gasteiger partial charge < -0.3 is 21.7 Å². The minimum Gasteiger partial charge on any atom is -0.401 e. The number of alkyl halides is 3. The van der Waals surface area contributed by atoms with Crippen LogP contribution in [0.25, 0.3) is 0 Å². The number of nitrogens with one attached hydrogen (secondary N) is 1. The van der Waals surface area contributed by atoms with Gasteiger partial charge in [-0.1, -0.05) is 18.2 Å². The van der Waals surface area contributed by atoms with Crippen LogP contribution >= 0.6 is 0 Å². The molecule has 0 atom stereocenters. The molecule has 0 radical (unpaired) electrons. The van der Waals surface area contributed by atoms with Gasteiger partial charge in [-0.05, 0) is 61.7 Å². The molecule has 0 bridgehead atoms. The van der Waals surface area contributed by atoms with E-state index in [2.05, 4.69) is 28.3 Å². The van der Waals surface area contributed by atoms with Crippen LogP contribution in [0.15, 0.2) is 69.7 Å². The summed E-state index contributed by atoms with van der Waals surface area (Å²) < 4.78 is 39.6. The third kappa shape index (κ3) is 5.19. The second kappa shape index (κ2) is 9.01. The van der Waals surface area contributed by atoms with Crippen LogP contribution in [0.2, 0.25) is 0 Å². The Balaban J connectivity index is 1.91. The molecule has 5 nitrogen and oxygen atoms in total. The number of amidine groups is 1. The number of benzene rings is 1. The van der Waals surface area contributed by atoms with Gasteiger partial charge in [0.25, 0.3) is 0 Å². The Kier molecular flexibility index (Phi) is 6.59. The second-order valence-electron chi connectivity index (χ2n) is 7.89. The predicted molar refractivity (Wildman–Crippen MR) is 118 cm³/mol. The molecule has 8 heteroatoms. The molecule has 0 aromatic heterocycles. The van der Waals surface area contributed by atoms with Crippen LogP contribution in [-0.4, -0.2) is 30.9 Å². The highest BCUT2D eigenvalue weighted by molar-refractivity contribution is 6.02. The fourth-order valence-corrected chi connectivity index (χ4v) is 3.66.